The lowest BCUT2D eigenvalue weighted by Gasteiger charge is -2.12. The largest absolute Gasteiger partial charge is 0.481 e. The molecular formula is C13H15FN2O3. The van der Waals surface area contributed by atoms with Crippen LogP contribution in [-0.4, -0.2) is 23.7 Å². The van der Waals surface area contributed by atoms with Gasteiger partial charge in [-0.1, -0.05) is 12.1 Å². The van der Waals surface area contributed by atoms with E-state index < -0.39 is 17.4 Å². The lowest BCUT2D eigenvalue weighted by molar-refractivity contribution is -0.143. The highest BCUT2D eigenvalue weighted by atomic mass is 19.1. The summed E-state index contributed by atoms with van der Waals surface area (Å²) in [4.78, 5) is 22.4. The van der Waals surface area contributed by atoms with Gasteiger partial charge in [-0.05, 0) is 30.5 Å². The van der Waals surface area contributed by atoms with Crippen molar-refractivity contribution >= 4 is 12.0 Å². The molecule has 0 saturated heterocycles. The molecule has 2 amide bonds. The van der Waals surface area contributed by atoms with Gasteiger partial charge >= 0.3 is 12.0 Å². The van der Waals surface area contributed by atoms with Gasteiger partial charge in [0.05, 0.1) is 5.41 Å². The Balaban J connectivity index is 1.73. The van der Waals surface area contributed by atoms with Crippen LogP contribution in [0.4, 0.5) is 9.18 Å². The van der Waals surface area contributed by atoms with Gasteiger partial charge in [-0.3, -0.25) is 4.79 Å². The van der Waals surface area contributed by atoms with E-state index in [-0.39, 0.29) is 18.9 Å². The first-order valence-corrected chi connectivity index (χ1v) is 6.01. The molecule has 3 N–H and O–H groups in total. The number of halogens is 1. The molecule has 1 saturated carbocycles. The van der Waals surface area contributed by atoms with Gasteiger partial charge in [-0.15, -0.1) is 0 Å². The molecule has 5 nitrogen and oxygen atoms in total. The van der Waals surface area contributed by atoms with E-state index in [2.05, 4.69) is 10.6 Å². The number of rotatable bonds is 5. The minimum atomic E-state index is -0.869. The summed E-state index contributed by atoms with van der Waals surface area (Å²) >= 11 is 0. The molecule has 1 aliphatic carbocycles. The fourth-order valence-corrected chi connectivity index (χ4v) is 1.71. The number of carboxylic acid groups (broad SMARTS) is 1. The molecule has 19 heavy (non-hydrogen) atoms. The van der Waals surface area contributed by atoms with Crippen LogP contribution in [-0.2, 0) is 11.3 Å². The maximum absolute atomic E-state index is 12.7. The highest BCUT2D eigenvalue weighted by molar-refractivity contribution is 5.80. The number of nitrogens with one attached hydrogen (secondary N) is 2. The summed E-state index contributed by atoms with van der Waals surface area (Å²) in [5.74, 6) is -1.20. The minimum Gasteiger partial charge on any atom is -0.481 e. The summed E-state index contributed by atoms with van der Waals surface area (Å²) in [5.41, 5.74) is 0.00338. The molecule has 2 rings (SSSR count). The molecule has 1 aliphatic rings. The van der Waals surface area contributed by atoms with Crippen molar-refractivity contribution in [1.29, 1.82) is 0 Å². The average molecular weight is 266 g/mol. The van der Waals surface area contributed by atoms with Gasteiger partial charge < -0.3 is 15.7 Å². The van der Waals surface area contributed by atoms with Gasteiger partial charge in [0.25, 0.3) is 0 Å². The van der Waals surface area contributed by atoms with Gasteiger partial charge in [0.15, 0.2) is 0 Å². The van der Waals surface area contributed by atoms with Gasteiger partial charge in [-0.25, -0.2) is 9.18 Å². The second-order valence-corrected chi connectivity index (χ2v) is 4.75. The maximum atomic E-state index is 12.7. The molecule has 0 aromatic heterocycles. The number of hydrogen-bond acceptors (Lipinski definition) is 2. The standard InChI is InChI=1S/C13H15FN2O3/c14-10-3-1-9(2-4-10)7-15-12(19)16-8-13(5-6-13)11(17)18/h1-4H,5-8H2,(H,17,18)(H2,15,16,19). The summed E-state index contributed by atoms with van der Waals surface area (Å²) < 4.78 is 12.7. The minimum absolute atomic E-state index is 0.136. The van der Waals surface area contributed by atoms with Crippen molar-refractivity contribution in [2.24, 2.45) is 5.41 Å². The Morgan fingerprint density at radius 3 is 2.37 bits per heavy atom. The van der Waals surface area contributed by atoms with E-state index in [1.165, 1.54) is 12.1 Å². The van der Waals surface area contributed by atoms with Crippen molar-refractivity contribution in [3.8, 4) is 0 Å². The number of benzene rings is 1. The van der Waals surface area contributed by atoms with Crippen molar-refractivity contribution in [3.05, 3.63) is 35.6 Å². The summed E-state index contributed by atoms with van der Waals surface area (Å²) in [6.45, 7) is 0.407. The van der Waals surface area contributed by atoms with Gasteiger partial charge in [-0.2, -0.15) is 0 Å². The normalized spacial score (nSPS) is 15.6. The zero-order valence-corrected chi connectivity index (χ0v) is 10.3. The molecule has 0 bridgehead atoms. The molecule has 1 aromatic carbocycles. The average Bonchev–Trinajstić information content (AvgIpc) is 3.17. The Hall–Kier alpha value is -2.11. The lowest BCUT2D eigenvalue weighted by atomic mass is 10.1. The number of carboxylic acids is 1. The Morgan fingerprint density at radius 2 is 1.84 bits per heavy atom. The van der Waals surface area contributed by atoms with Crippen LogP contribution in [0.2, 0.25) is 0 Å². The predicted octanol–water partition coefficient (Wildman–Crippen LogP) is 1.49. The second kappa shape index (κ2) is 5.26. The zero-order valence-electron chi connectivity index (χ0n) is 10.3. The van der Waals surface area contributed by atoms with Crippen molar-refractivity contribution < 1.29 is 19.1 Å². The Morgan fingerprint density at radius 1 is 1.21 bits per heavy atom. The van der Waals surface area contributed by atoms with Crippen LogP contribution in [0.1, 0.15) is 18.4 Å². The predicted molar refractivity (Wildman–Crippen MR) is 65.9 cm³/mol. The second-order valence-electron chi connectivity index (χ2n) is 4.75. The monoisotopic (exact) mass is 266 g/mol. The summed E-state index contributed by atoms with van der Waals surface area (Å²) in [6.07, 6.45) is 1.20. The van der Waals surface area contributed by atoms with Crippen molar-refractivity contribution in [3.63, 3.8) is 0 Å². The quantitative estimate of drug-likeness (QED) is 0.755. The van der Waals surface area contributed by atoms with Crippen LogP contribution in [0.15, 0.2) is 24.3 Å². The third kappa shape index (κ3) is 3.43. The molecule has 1 aromatic rings. The molecule has 0 aliphatic heterocycles. The van der Waals surface area contributed by atoms with E-state index in [0.717, 1.165) is 5.56 Å². The van der Waals surface area contributed by atoms with E-state index in [9.17, 15) is 14.0 Å². The topological polar surface area (TPSA) is 78.4 Å². The highest BCUT2D eigenvalue weighted by Crippen LogP contribution is 2.45. The van der Waals surface area contributed by atoms with Crippen LogP contribution in [0.5, 0.6) is 0 Å². The SMILES string of the molecule is O=C(NCc1ccc(F)cc1)NCC1(C(=O)O)CC1. The van der Waals surface area contributed by atoms with Crippen molar-refractivity contribution in [1.82, 2.24) is 10.6 Å². The van der Waals surface area contributed by atoms with Gasteiger partial charge in [0, 0.05) is 13.1 Å². The number of amides is 2. The van der Waals surface area contributed by atoms with Gasteiger partial charge in [0.2, 0.25) is 0 Å². The first kappa shape index (κ1) is 13.3. The first-order valence-electron chi connectivity index (χ1n) is 6.01. The van der Waals surface area contributed by atoms with Crippen molar-refractivity contribution in [2.45, 2.75) is 19.4 Å². The van der Waals surface area contributed by atoms with E-state index in [4.69, 9.17) is 5.11 Å². The van der Waals surface area contributed by atoms with E-state index in [0.29, 0.717) is 12.8 Å². The zero-order chi connectivity index (χ0) is 13.9. The summed E-state index contributed by atoms with van der Waals surface area (Å²) in [7, 11) is 0. The van der Waals surface area contributed by atoms with E-state index in [1.54, 1.807) is 12.1 Å². The molecule has 0 radical (unpaired) electrons. The lowest BCUT2D eigenvalue weighted by Crippen LogP contribution is -2.40. The summed E-state index contributed by atoms with van der Waals surface area (Å²) in [6, 6.07) is 5.37. The van der Waals surface area contributed by atoms with Crippen LogP contribution in [0, 0.1) is 11.2 Å². The van der Waals surface area contributed by atoms with Gasteiger partial charge in [0.1, 0.15) is 5.82 Å². The molecule has 0 unspecified atom stereocenters. The number of hydrogen-bond donors (Lipinski definition) is 3. The fraction of sp³-hybridized carbons (Fsp3) is 0.385. The number of aliphatic carboxylic acids is 1. The molecule has 0 atom stereocenters. The number of carbonyl (C=O) groups excluding carboxylic acids is 1. The number of urea groups is 1. The van der Waals surface area contributed by atoms with Crippen LogP contribution >= 0.6 is 0 Å². The third-order valence-electron chi connectivity index (χ3n) is 3.26. The highest BCUT2D eigenvalue weighted by Gasteiger charge is 2.50. The molecule has 0 spiro atoms. The number of carbonyl (C=O) groups is 2. The Labute approximate surface area is 109 Å². The smallest absolute Gasteiger partial charge is 0.315 e. The molecular weight excluding hydrogens is 251 g/mol. The maximum Gasteiger partial charge on any atom is 0.315 e. The van der Waals surface area contributed by atoms with E-state index in [1.807, 2.05) is 0 Å². The van der Waals surface area contributed by atoms with E-state index >= 15 is 0 Å². The first-order chi connectivity index (χ1) is 9.02. The van der Waals surface area contributed by atoms with Crippen LogP contribution < -0.4 is 10.6 Å². The molecule has 1 fully saturated rings. The third-order valence-corrected chi connectivity index (χ3v) is 3.26. The molecule has 0 heterocycles. The molecule has 6 heteroatoms. The van der Waals surface area contributed by atoms with Crippen LogP contribution in [0.3, 0.4) is 0 Å². The summed E-state index contributed by atoms with van der Waals surface area (Å²) in [5, 5.41) is 14.1. The fourth-order valence-electron chi connectivity index (χ4n) is 1.71. The Bertz CT molecular complexity index is 483. The van der Waals surface area contributed by atoms with Crippen LogP contribution in [0.25, 0.3) is 0 Å². The molecule has 102 valence electrons. The van der Waals surface area contributed by atoms with Crippen molar-refractivity contribution in [2.75, 3.05) is 6.54 Å². The Kier molecular flexibility index (Phi) is 3.69.